The van der Waals surface area contributed by atoms with E-state index in [1.165, 1.54) is 10.7 Å². The van der Waals surface area contributed by atoms with Crippen molar-refractivity contribution >= 4 is 28.7 Å². The summed E-state index contributed by atoms with van der Waals surface area (Å²) in [5.74, 6) is 0.152. The van der Waals surface area contributed by atoms with Crippen molar-refractivity contribution < 1.29 is 4.39 Å². The Kier molecular flexibility index (Phi) is 3.42. The fraction of sp³-hybridized carbons (Fsp3) is 0.231. The summed E-state index contributed by atoms with van der Waals surface area (Å²) in [6.45, 7) is 0.226. The number of fused-ring (bicyclic) bond motifs is 1. The molecule has 108 valence electrons. The first-order valence-electron chi connectivity index (χ1n) is 6.23. The van der Waals surface area contributed by atoms with Crippen molar-refractivity contribution in [1.29, 1.82) is 0 Å². The van der Waals surface area contributed by atoms with Gasteiger partial charge in [-0.25, -0.2) is 9.07 Å². The summed E-state index contributed by atoms with van der Waals surface area (Å²) in [5, 5.41) is 8.17. The zero-order valence-corrected chi connectivity index (χ0v) is 12.2. The Bertz CT molecular complexity index is 800. The molecule has 0 aliphatic heterocycles. The van der Waals surface area contributed by atoms with E-state index in [2.05, 4.69) is 20.3 Å². The van der Waals surface area contributed by atoms with Crippen LogP contribution in [0.5, 0.6) is 0 Å². The fourth-order valence-corrected chi connectivity index (χ4v) is 2.11. The quantitative estimate of drug-likeness (QED) is 0.694. The molecule has 0 bridgehead atoms. The van der Waals surface area contributed by atoms with Crippen molar-refractivity contribution in [1.82, 2.24) is 25.0 Å². The number of nitrogens with zero attached hydrogens (tertiary/aromatic N) is 6. The molecule has 0 unspecified atom stereocenters. The van der Waals surface area contributed by atoms with E-state index in [9.17, 15) is 4.39 Å². The van der Waals surface area contributed by atoms with Gasteiger partial charge in [-0.3, -0.25) is 0 Å². The smallest absolute Gasteiger partial charge is 0.228 e. The Balaban J connectivity index is 2.09. The molecule has 0 spiro atoms. The van der Waals surface area contributed by atoms with Crippen molar-refractivity contribution in [2.45, 2.75) is 6.54 Å². The molecule has 2 heterocycles. The van der Waals surface area contributed by atoms with Crippen LogP contribution in [0.1, 0.15) is 5.56 Å². The summed E-state index contributed by atoms with van der Waals surface area (Å²) >= 11 is 6.09. The van der Waals surface area contributed by atoms with Gasteiger partial charge in [0.1, 0.15) is 5.82 Å². The second kappa shape index (κ2) is 5.25. The normalized spacial score (nSPS) is 11.0. The first kappa shape index (κ1) is 13.7. The van der Waals surface area contributed by atoms with Crippen molar-refractivity contribution in [3.63, 3.8) is 0 Å². The van der Waals surface area contributed by atoms with Gasteiger partial charge < -0.3 is 4.90 Å². The van der Waals surface area contributed by atoms with Gasteiger partial charge in [-0.15, -0.1) is 5.10 Å². The van der Waals surface area contributed by atoms with Crippen molar-refractivity contribution in [2.75, 3.05) is 19.0 Å². The third-order valence-corrected chi connectivity index (χ3v) is 3.25. The van der Waals surface area contributed by atoms with Gasteiger partial charge in [0.25, 0.3) is 0 Å². The highest BCUT2D eigenvalue weighted by Crippen LogP contribution is 2.21. The Labute approximate surface area is 125 Å². The minimum Gasteiger partial charge on any atom is -0.347 e. The third-order valence-electron chi connectivity index (χ3n) is 2.99. The lowest BCUT2D eigenvalue weighted by Gasteiger charge is -2.10. The van der Waals surface area contributed by atoms with Crippen LogP contribution < -0.4 is 4.90 Å². The van der Waals surface area contributed by atoms with Crippen molar-refractivity contribution in [3.05, 3.63) is 40.8 Å². The standard InChI is InChI=1S/C13H12ClFN6/c1-20(2)13-16-11(14)10-12(17-13)21(19-18-10)7-8-5-3-4-6-9(8)15/h3-6H,7H2,1-2H3. The van der Waals surface area contributed by atoms with E-state index < -0.39 is 0 Å². The summed E-state index contributed by atoms with van der Waals surface area (Å²) in [4.78, 5) is 10.2. The van der Waals surface area contributed by atoms with Crippen LogP contribution in [0.25, 0.3) is 11.2 Å². The number of hydrogen-bond acceptors (Lipinski definition) is 5. The van der Waals surface area contributed by atoms with Crippen LogP contribution in [-0.2, 0) is 6.54 Å². The molecule has 0 aliphatic carbocycles. The maximum absolute atomic E-state index is 13.7. The molecule has 0 aliphatic rings. The molecule has 0 atom stereocenters. The molecule has 21 heavy (non-hydrogen) atoms. The zero-order chi connectivity index (χ0) is 15.0. The predicted octanol–water partition coefficient (Wildman–Crippen LogP) is 2.13. The Hall–Kier alpha value is -2.28. The highest BCUT2D eigenvalue weighted by Gasteiger charge is 2.15. The van der Waals surface area contributed by atoms with Crippen LogP contribution in [-0.4, -0.2) is 39.1 Å². The molecule has 6 nitrogen and oxygen atoms in total. The minimum absolute atomic E-state index is 0.225. The van der Waals surface area contributed by atoms with E-state index in [-0.39, 0.29) is 17.5 Å². The molecule has 3 aromatic rings. The zero-order valence-electron chi connectivity index (χ0n) is 11.5. The molecule has 0 radical (unpaired) electrons. The highest BCUT2D eigenvalue weighted by molar-refractivity contribution is 6.33. The van der Waals surface area contributed by atoms with Gasteiger partial charge in [0.2, 0.25) is 5.95 Å². The van der Waals surface area contributed by atoms with Crippen LogP contribution in [0, 0.1) is 5.82 Å². The average molecular weight is 307 g/mol. The molecule has 8 heteroatoms. The van der Waals surface area contributed by atoms with Gasteiger partial charge in [-0.2, -0.15) is 9.97 Å². The molecule has 3 rings (SSSR count). The van der Waals surface area contributed by atoms with E-state index in [0.29, 0.717) is 22.7 Å². The Morgan fingerprint density at radius 3 is 2.71 bits per heavy atom. The average Bonchev–Trinajstić information content (AvgIpc) is 2.85. The van der Waals surface area contributed by atoms with E-state index >= 15 is 0 Å². The van der Waals surface area contributed by atoms with Gasteiger partial charge >= 0.3 is 0 Å². The van der Waals surface area contributed by atoms with E-state index in [1.54, 1.807) is 23.1 Å². The monoisotopic (exact) mass is 306 g/mol. The van der Waals surface area contributed by atoms with Gasteiger partial charge in [0, 0.05) is 19.7 Å². The molecule has 0 N–H and O–H groups in total. The number of benzene rings is 1. The third kappa shape index (κ3) is 2.52. The van der Waals surface area contributed by atoms with E-state index in [0.717, 1.165) is 0 Å². The van der Waals surface area contributed by atoms with Gasteiger partial charge in [0.05, 0.1) is 6.54 Å². The second-order valence-corrected chi connectivity index (χ2v) is 5.08. The molecule has 0 saturated heterocycles. The first-order chi connectivity index (χ1) is 10.1. The SMILES string of the molecule is CN(C)c1nc(Cl)c2nnn(Cc3ccccc3F)c2n1. The summed E-state index contributed by atoms with van der Waals surface area (Å²) in [6, 6.07) is 6.51. The number of hydrogen-bond donors (Lipinski definition) is 0. The molecule has 2 aromatic heterocycles. The van der Waals surface area contributed by atoms with Crippen LogP contribution >= 0.6 is 11.6 Å². The van der Waals surface area contributed by atoms with E-state index in [4.69, 9.17) is 11.6 Å². The van der Waals surface area contributed by atoms with Crippen molar-refractivity contribution in [2.24, 2.45) is 0 Å². The Morgan fingerprint density at radius 1 is 1.24 bits per heavy atom. The van der Waals surface area contributed by atoms with Crippen LogP contribution in [0.15, 0.2) is 24.3 Å². The first-order valence-corrected chi connectivity index (χ1v) is 6.61. The van der Waals surface area contributed by atoms with Gasteiger partial charge in [-0.1, -0.05) is 35.0 Å². The van der Waals surface area contributed by atoms with Crippen LogP contribution in [0.2, 0.25) is 5.15 Å². The Morgan fingerprint density at radius 2 is 2.00 bits per heavy atom. The lowest BCUT2D eigenvalue weighted by Crippen LogP contribution is -2.14. The maximum Gasteiger partial charge on any atom is 0.228 e. The minimum atomic E-state index is -0.297. The summed E-state index contributed by atoms with van der Waals surface area (Å²) in [6.07, 6.45) is 0. The largest absolute Gasteiger partial charge is 0.347 e. The lowest BCUT2D eigenvalue weighted by atomic mass is 10.2. The molecule has 0 saturated carbocycles. The van der Waals surface area contributed by atoms with Crippen LogP contribution in [0.3, 0.4) is 0 Å². The number of anilines is 1. The second-order valence-electron chi connectivity index (χ2n) is 4.72. The van der Waals surface area contributed by atoms with Gasteiger partial charge in [-0.05, 0) is 6.07 Å². The van der Waals surface area contributed by atoms with Crippen LogP contribution in [0.4, 0.5) is 10.3 Å². The molecular formula is C13H12ClFN6. The highest BCUT2D eigenvalue weighted by atomic mass is 35.5. The summed E-state index contributed by atoms with van der Waals surface area (Å²) in [5.41, 5.74) is 1.38. The summed E-state index contributed by atoms with van der Waals surface area (Å²) < 4.78 is 15.2. The molecule has 0 amide bonds. The topological polar surface area (TPSA) is 59.7 Å². The molecule has 0 fully saturated rings. The molecule has 1 aromatic carbocycles. The number of halogens is 2. The van der Waals surface area contributed by atoms with Crippen molar-refractivity contribution in [3.8, 4) is 0 Å². The lowest BCUT2D eigenvalue weighted by molar-refractivity contribution is 0.582. The number of aromatic nitrogens is 5. The number of rotatable bonds is 3. The predicted molar refractivity (Wildman–Crippen MR) is 78.0 cm³/mol. The van der Waals surface area contributed by atoms with Gasteiger partial charge in [0.15, 0.2) is 16.3 Å². The fourth-order valence-electron chi connectivity index (χ4n) is 1.91. The van der Waals surface area contributed by atoms with E-state index in [1.807, 2.05) is 14.1 Å². The summed E-state index contributed by atoms with van der Waals surface area (Å²) in [7, 11) is 3.62. The maximum atomic E-state index is 13.7. The molecular weight excluding hydrogens is 295 g/mol.